The van der Waals surface area contributed by atoms with Gasteiger partial charge in [-0.2, -0.15) is 0 Å². The van der Waals surface area contributed by atoms with Crippen molar-refractivity contribution in [2.45, 2.75) is 6.61 Å². The van der Waals surface area contributed by atoms with Crippen molar-refractivity contribution in [1.29, 1.82) is 0 Å². The number of amidine groups is 1. The summed E-state index contributed by atoms with van der Waals surface area (Å²) in [4.78, 5) is 0. The fourth-order valence-electron chi connectivity index (χ4n) is 1.71. The van der Waals surface area contributed by atoms with E-state index in [0.717, 1.165) is 0 Å². The van der Waals surface area contributed by atoms with Crippen LogP contribution < -0.4 is 10.5 Å². The molecule has 0 aromatic heterocycles. The summed E-state index contributed by atoms with van der Waals surface area (Å²) in [6, 6.07) is 9.92. The van der Waals surface area contributed by atoms with Gasteiger partial charge in [-0.15, -0.1) is 0 Å². The van der Waals surface area contributed by atoms with Crippen LogP contribution in [0.25, 0.3) is 0 Å². The highest BCUT2D eigenvalue weighted by Gasteiger charge is 2.14. The Hall–Kier alpha value is -2.63. The molecule has 0 aliphatic carbocycles. The lowest BCUT2D eigenvalue weighted by molar-refractivity contribution is 0.300. The van der Waals surface area contributed by atoms with E-state index >= 15 is 0 Å². The fraction of sp³-hybridized carbons (Fsp3) is 0.0714. The highest BCUT2D eigenvalue weighted by molar-refractivity contribution is 5.99. The molecule has 3 N–H and O–H groups in total. The highest BCUT2D eigenvalue weighted by Crippen LogP contribution is 2.22. The molecule has 0 fully saturated rings. The summed E-state index contributed by atoms with van der Waals surface area (Å²) in [5.41, 5.74) is 5.86. The molecule has 6 heteroatoms. The first kappa shape index (κ1) is 13.8. The van der Waals surface area contributed by atoms with Gasteiger partial charge in [-0.25, -0.2) is 8.78 Å². The Kier molecular flexibility index (Phi) is 4.14. The Bertz CT molecular complexity index is 645. The lowest BCUT2D eigenvalue weighted by Crippen LogP contribution is -2.17. The second-order valence-electron chi connectivity index (χ2n) is 4.02. The molecule has 20 heavy (non-hydrogen) atoms. The molecule has 0 saturated carbocycles. The van der Waals surface area contributed by atoms with Gasteiger partial charge in [-0.1, -0.05) is 23.4 Å². The second kappa shape index (κ2) is 6.01. The minimum atomic E-state index is -0.669. The van der Waals surface area contributed by atoms with Crippen molar-refractivity contribution in [3.8, 4) is 5.75 Å². The summed E-state index contributed by atoms with van der Waals surface area (Å²) in [6.45, 7) is 0.0346. The molecule has 0 bridgehead atoms. The van der Waals surface area contributed by atoms with Gasteiger partial charge in [0.1, 0.15) is 24.0 Å². The minimum Gasteiger partial charge on any atom is -0.488 e. The molecule has 0 radical (unpaired) electrons. The van der Waals surface area contributed by atoms with Crippen LogP contribution in [-0.4, -0.2) is 11.0 Å². The first-order valence-corrected chi connectivity index (χ1v) is 5.75. The molecule has 4 nitrogen and oxygen atoms in total. The third-order valence-corrected chi connectivity index (χ3v) is 2.62. The Balaban J connectivity index is 2.24. The molecular formula is C14H12F2N2O2. The van der Waals surface area contributed by atoms with Gasteiger partial charge >= 0.3 is 0 Å². The Morgan fingerprint density at radius 2 is 1.95 bits per heavy atom. The van der Waals surface area contributed by atoms with Gasteiger partial charge < -0.3 is 15.7 Å². The summed E-state index contributed by atoms with van der Waals surface area (Å²) in [5, 5.41) is 11.4. The van der Waals surface area contributed by atoms with Crippen molar-refractivity contribution in [1.82, 2.24) is 0 Å². The Morgan fingerprint density at radius 3 is 2.65 bits per heavy atom. The van der Waals surface area contributed by atoms with Crippen molar-refractivity contribution < 1.29 is 18.7 Å². The zero-order chi connectivity index (χ0) is 14.5. The van der Waals surface area contributed by atoms with E-state index in [2.05, 4.69) is 5.16 Å². The highest BCUT2D eigenvalue weighted by atomic mass is 19.1. The number of ether oxygens (including phenoxy) is 1. The van der Waals surface area contributed by atoms with Crippen molar-refractivity contribution >= 4 is 5.84 Å². The molecule has 0 unspecified atom stereocenters. The number of hydrogen-bond donors (Lipinski definition) is 2. The molecule has 0 spiro atoms. The predicted molar refractivity (Wildman–Crippen MR) is 69.6 cm³/mol. The monoisotopic (exact) mass is 278 g/mol. The standard InChI is InChI=1S/C14H12F2N2O2/c15-10-4-1-3-9(7-10)8-20-12-6-2-5-11(16)13(12)14(17)18-19/h1-7,19H,8H2,(H2,17,18). The van der Waals surface area contributed by atoms with Crippen LogP contribution >= 0.6 is 0 Å². The number of benzene rings is 2. The average molecular weight is 278 g/mol. The number of nitrogens with two attached hydrogens (primary N) is 1. The fourth-order valence-corrected chi connectivity index (χ4v) is 1.71. The maximum atomic E-state index is 13.7. The van der Waals surface area contributed by atoms with Crippen molar-refractivity contribution in [2.24, 2.45) is 10.9 Å². The minimum absolute atomic E-state index is 0.0346. The summed E-state index contributed by atoms with van der Waals surface area (Å²) in [6.07, 6.45) is 0. The van der Waals surface area contributed by atoms with Crippen LogP contribution in [0.3, 0.4) is 0 Å². The maximum Gasteiger partial charge on any atom is 0.176 e. The summed E-state index contributed by atoms with van der Waals surface area (Å²) >= 11 is 0. The third kappa shape index (κ3) is 3.03. The number of halogens is 2. The summed E-state index contributed by atoms with van der Waals surface area (Å²) in [7, 11) is 0. The van der Waals surface area contributed by atoms with E-state index in [9.17, 15) is 8.78 Å². The van der Waals surface area contributed by atoms with Crippen LogP contribution in [0, 0.1) is 11.6 Å². The van der Waals surface area contributed by atoms with Gasteiger partial charge in [0.15, 0.2) is 5.84 Å². The van der Waals surface area contributed by atoms with Crippen LogP contribution in [0.2, 0.25) is 0 Å². The van der Waals surface area contributed by atoms with Gasteiger partial charge in [0.25, 0.3) is 0 Å². The normalized spacial score (nSPS) is 11.4. The van der Waals surface area contributed by atoms with Crippen LogP contribution in [0.5, 0.6) is 5.75 Å². The Labute approximate surface area is 114 Å². The second-order valence-corrected chi connectivity index (χ2v) is 4.02. The molecule has 0 saturated heterocycles. The number of nitrogens with zero attached hydrogens (tertiary/aromatic N) is 1. The number of hydrogen-bond acceptors (Lipinski definition) is 3. The van der Waals surface area contributed by atoms with E-state index in [4.69, 9.17) is 15.7 Å². The van der Waals surface area contributed by atoms with E-state index in [1.165, 1.54) is 30.3 Å². The number of oxime groups is 1. The van der Waals surface area contributed by atoms with E-state index in [0.29, 0.717) is 5.56 Å². The molecule has 2 aromatic carbocycles. The first-order chi connectivity index (χ1) is 9.61. The molecule has 0 aliphatic rings. The van der Waals surface area contributed by atoms with Gasteiger partial charge in [-0.3, -0.25) is 0 Å². The van der Waals surface area contributed by atoms with E-state index in [1.807, 2.05) is 0 Å². The quantitative estimate of drug-likeness (QED) is 0.391. The number of rotatable bonds is 4. The summed E-state index contributed by atoms with van der Waals surface area (Å²) in [5.74, 6) is -1.33. The van der Waals surface area contributed by atoms with Gasteiger partial charge in [0, 0.05) is 0 Å². The van der Waals surface area contributed by atoms with Crippen molar-refractivity contribution in [3.63, 3.8) is 0 Å². The molecule has 104 valence electrons. The van der Waals surface area contributed by atoms with Crippen LogP contribution in [0.1, 0.15) is 11.1 Å². The third-order valence-electron chi connectivity index (χ3n) is 2.62. The van der Waals surface area contributed by atoms with Crippen LogP contribution in [0.4, 0.5) is 8.78 Å². The average Bonchev–Trinajstić information content (AvgIpc) is 2.44. The SMILES string of the molecule is N/C(=N\O)c1c(F)cccc1OCc1cccc(F)c1. The van der Waals surface area contributed by atoms with Crippen LogP contribution in [-0.2, 0) is 6.61 Å². The topological polar surface area (TPSA) is 67.8 Å². The molecule has 0 amide bonds. The van der Waals surface area contributed by atoms with Gasteiger partial charge in [0.05, 0.1) is 5.56 Å². The van der Waals surface area contributed by atoms with E-state index < -0.39 is 11.7 Å². The molecule has 0 atom stereocenters. The van der Waals surface area contributed by atoms with Crippen molar-refractivity contribution in [3.05, 3.63) is 65.2 Å². The lowest BCUT2D eigenvalue weighted by atomic mass is 10.1. The van der Waals surface area contributed by atoms with Gasteiger partial charge in [-0.05, 0) is 29.8 Å². The zero-order valence-electron chi connectivity index (χ0n) is 10.4. The van der Waals surface area contributed by atoms with E-state index in [-0.39, 0.29) is 23.7 Å². The molecule has 2 aromatic rings. The van der Waals surface area contributed by atoms with Gasteiger partial charge in [0.2, 0.25) is 0 Å². The summed E-state index contributed by atoms with van der Waals surface area (Å²) < 4.78 is 32.1. The molecule has 0 heterocycles. The zero-order valence-corrected chi connectivity index (χ0v) is 10.4. The Morgan fingerprint density at radius 1 is 1.20 bits per heavy atom. The van der Waals surface area contributed by atoms with Crippen molar-refractivity contribution in [2.75, 3.05) is 0 Å². The maximum absolute atomic E-state index is 13.7. The largest absolute Gasteiger partial charge is 0.488 e. The lowest BCUT2D eigenvalue weighted by Gasteiger charge is -2.11. The first-order valence-electron chi connectivity index (χ1n) is 5.75. The smallest absolute Gasteiger partial charge is 0.176 e. The molecular weight excluding hydrogens is 266 g/mol. The molecule has 2 rings (SSSR count). The van der Waals surface area contributed by atoms with Crippen LogP contribution in [0.15, 0.2) is 47.6 Å². The predicted octanol–water partition coefficient (Wildman–Crippen LogP) is 2.64. The molecule has 0 aliphatic heterocycles. The van der Waals surface area contributed by atoms with E-state index in [1.54, 1.807) is 12.1 Å².